The molecule has 18 heavy (non-hydrogen) atoms. The van der Waals surface area contributed by atoms with Crippen molar-refractivity contribution in [2.75, 3.05) is 6.54 Å². The van der Waals surface area contributed by atoms with E-state index in [1.165, 1.54) is 29.6 Å². The molecule has 0 saturated carbocycles. The van der Waals surface area contributed by atoms with E-state index in [0.717, 1.165) is 30.7 Å². The molecule has 2 rings (SSSR count). The van der Waals surface area contributed by atoms with E-state index >= 15 is 0 Å². The Kier molecular flexibility index (Phi) is 4.49. The fraction of sp³-hybridized carbons (Fsp3) is 0.786. The number of rotatable bonds is 4. The van der Waals surface area contributed by atoms with Gasteiger partial charge in [-0.1, -0.05) is 13.8 Å². The van der Waals surface area contributed by atoms with Crippen LogP contribution in [-0.4, -0.2) is 27.3 Å². The third-order valence-corrected chi connectivity index (χ3v) is 5.02. The van der Waals surface area contributed by atoms with Crippen LogP contribution < -0.4 is 0 Å². The Morgan fingerprint density at radius 1 is 1.44 bits per heavy atom. The fourth-order valence-electron chi connectivity index (χ4n) is 3.02. The maximum atomic E-state index is 4.58. The second-order valence-electron chi connectivity index (χ2n) is 5.59. The molecule has 0 radical (unpaired) electrons. The van der Waals surface area contributed by atoms with Crippen LogP contribution in [0.1, 0.15) is 45.0 Å². The Morgan fingerprint density at radius 3 is 2.78 bits per heavy atom. The summed E-state index contributed by atoms with van der Waals surface area (Å²) < 4.78 is 3.33. The van der Waals surface area contributed by atoms with E-state index in [1.54, 1.807) is 0 Å². The molecule has 1 fully saturated rings. The zero-order valence-corrected chi connectivity index (χ0v) is 13.5. The summed E-state index contributed by atoms with van der Waals surface area (Å²) in [6.45, 7) is 12.1. The smallest absolute Gasteiger partial charge is 0.0739 e. The average molecular weight is 314 g/mol. The van der Waals surface area contributed by atoms with E-state index in [1.807, 2.05) is 0 Å². The van der Waals surface area contributed by atoms with Gasteiger partial charge in [0.2, 0.25) is 0 Å². The van der Waals surface area contributed by atoms with Crippen molar-refractivity contribution in [3.63, 3.8) is 0 Å². The van der Waals surface area contributed by atoms with Gasteiger partial charge in [-0.05, 0) is 55.1 Å². The molecule has 0 N–H and O–H groups in total. The molecule has 0 amide bonds. The minimum absolute atomic E-state index is 0.734. The Bertz CT molecular complexity index is 411. The first kappa shape index (κ1) is 14.1. The van der Waals surface area contributed by atoms with Gasteiger partial charge < -0.3 is 0 Å². The van der Waals surface area contributed by atoms with E-state index < -0.39 is 0 Å². The van der Waals surface area contributed by atoms with Crippen LogP contribution in [0.4, 0.5) is 0 Å². The van der Waals surface area contributed by atoms with Crippen LogP contribution in [0.2, 0.25) is 0 Å². The van der Waals surface area contributed by atoms with Crippen molar-refractivity contribution in [3.8, 4) is 0 Å². The van der Waals surface area contributed by atoms with Crippen LogP contribution in [0.15, 0.2) is 4.47 Å². The summed E-state index contributed by atoms with van der Waals surface area (Å²) in [5, 5.41) is 4.58. The van der Waals surface area contributed by atoms with Crippen molar-refractivity contribution < 1.29 is 0 Å². The maximum Gasteiger partial charge on any atom is 0.0739 e. The Balaban J connectivity index is 2.18. The van der Waals surface area contributed by atoms with Crippen LogP contribution in [0.3, 0.4) is 0 Å². The SMILES string of the molecule is CCn1nc(C)c(Br)c1CN1CCCC1C(C)C. The lowest BCUT2D eigenvalue weighted by Gasteiger charge is -2.27. The molecule has 0 aliphatic carbocycles. The van der Waals surface area contributed by atoms with Crippen LogP contribution in [0.5, 0.6) is 0 Å². The molecule has 0 bridgehead atoms. The van der Waals surface area contributed by atoms with Gasteiger partial charge in [0.1, 0.15) is 0 Å². The largest absolute Gasteiger partial charge is 0.294 e. The highest BCUT2D eigenvalue weighted by Crippen LogP contribution is 2.29. The van der Waals surface area contributed by atoms with Gasteiger partial charge in [-0.3, -0.25) is 9.58 Å². The molecule has 4 heteroatoms. The van der Waals surface area contributed by atoms with Gasteiger partial charge in [0.25, 0.3) is 0 Å². The summed E-state index contributed by atoms with van der Waals surface area (Å²) in [6.07, 6.45) is 2.67. The number of aryl methyl sites for hydroxylation is 2. The van der Waals surface area contributed by atoms with Gasteiger partial charge in [-0.25, -0.2) is 0 Å². The molecule has 2 heterocycles. The van der Waals surface area contributed by atoms with E-state index in [2.05, 4.69) is 58.3 Å². The third-order valence-electron chi connectivity index (χ3n) is 3.99. The summed E-state index contributed by atoms with van der Waals surface area (Å²) in [5.41, 5.74) is 2.44. The summed E-state index contributed by atoms with van der Waals surface area (Å²) in [7, 11) is 0. The van der Waals surface area contributed by atoms with Crippen molar-refractivity contribution in [1.82, 2.24) is 14.7 Å². The lowest BCUT2D eigenvalue weighted by molar-refractivity contribution is 0.193. The second-order valence-corrected chi connectivity index (χ2v) is 6.38. The molecule has 1 aromatic heterocycles. The Morgan fingerprint density at radius 2 is 2.17 bits per heavy atom. The van der Waals surface area contributed by atoms with Crippen molar-refractivity contribution in [3.05, 3.63) is 15.9 Å². The fourth-order valence-corrected chi connectivity index (χ4v) is 3.42. The van der Waals surface area contributed by atoms with Gasteiger partial charge in [-0.2, -0.15) is 5.10 Å². The number of aromatic nitrogens is 2. The van der Waals surface area contributed by atoms with E-state index in [-0.39, 0.29) is 0 Å². The van der Waals surface area contributed by atoms with Crippen LogP contribution >= 0.6 is 15.9 Å². The molecule has 1 aliphatic rings. The Hall–Kier alpha value is -0.350. The summed E-state index contributed by atoms with van der Waals surface area (Å²) in [5.74, 6) is 0.741. The zero-order chi connectivity index (χ0) is 13.3. The highest BCUT2D eigenvalue weighted by Gasteiger charge is 2.28. The molecule has 0 spiro atoms. The number of hydrogen-bond acceptors (Lipinski definition) is 2. The number of halogens is 1. The highest BCUT2D eigenvalue weighted by atomic mass is 79.9. The summed E-state index contributed by atoms with van der Waals surface area (Å²) in [6, 6.07) is 0.734. The van der Waals surface area contributed by atoms with Crippen molar-refractivity contribution in [1.29, 1.82) is 0 Å². The van der Waals surface area contributed by atoms with Crippen LogP contribution in [0.25, 0.3) is 0 Å². The molecule has 0 aromatic carbocycles. The third kappa shape index (κ3) is 2.64. The van der Waals surface area contributed by atoms with Gasteiger partial charge in [-0.15, -0.1) is 0 Å². The zero-order valence-electron chi connectivity index (χ0n) is 11.9. The summed E-state index contributed by atoms with van der Waals surface area (Å²) >= 11 is 3.70. The molecular formula is C14H24BrN3. The van der Waals surface area contributed by atoms with E-state index in [9.17, 15) is 0 Å². The van der Waals surface area contributed by atoms with E-state index in [4.69, 9.17) is 0 Å². The lowest BCUT2D eigenvalue weighted by atomic mass is 10.0. The predicted octanol–water partition coefficient (Wildman–Crippen LogP) is 3.59. The molecule has 1 aromatic rings. The minimum Gasteiger partial charge on any atom is -0.294 e. The molecule has 1 aliphatic heterocycles. The maximum absolute atomic E-state index is 4.58. The first-order valence-corrected chi connectivity index (χ1v) is 7.79. The standard InChI is InChI=1S/C14H24BrN3/c1-5-18-13(14(15)11(4)16-18)9-17-8-6-7-12(17)10(2)3/h10,12H,5-9H2,1-4H3. The van der Waals surface area contributed by atoms with Gasteiger partial charge in [0, 0.05) is 19.1 Å². The normalized spacial score (nSPS) is 21.1. The molecule has 1 saturated heterocycles. The van der Waals surface area contributed by atoms with Gasteiger partial charge >= 0.3 is 0 Å². The van der Waals surface area contributed by atoms with Crippen molar-refractivity contribution in [2.24, 2.45) is 5.92 Å². The monoisotopic (exact) mass is 313 g/mol. The van der Waals surface area contributed by atoms with Crippen LogP contribution in [0, 0.1) is 12.8 Å². The molecule has 1 unspecified atom stereocenters. The van der Waals surface area contributed by atoms with Crippen molar-refractivity contribution >= 4 is 15.9 Å². The molecule has 102 valence electrons. The Labute approximate surface area is 119 Å². The average Bonchev–Trinajstić information content (AvgIpc) is 2.89. The number of likely N-dealkylation sites (tertiary alicyclic amines) is 1. The predicted molar refractivity (Wildman–Crippen MR) is 78.6 cm³/mol. The first-order valence-electron chi connectivity index (χ1n) is 7.00. The lowest BCUT2D eigenvalue weighted by Crippen LogP contribution is -2.33. The minimum atomic E-state index is 0.734. The van der Waals surface area contributed by atoms with E-state index in [0.29, 0.717) is 0 Å². The number of nitrogens with zero attached hydrogens (tertiary/aromatic N) is 3. The molecular weight excluding hydrogens is 290 g/mol. The van der Waals surface area contributed by atoms with Crippen molar-refractivity contribution in [2.45, 2.75) is 59.7 Å². The second kappa shape index (κ2) is 5.74. The summed E-state index contributed by atoms with van der Waals surface area (Å²) in [4.78, 5) is 2.62. The number of hydrogen-bond donors (Lipinski definition) is 0. The van der Waals surface area contributed by atoms with Gasteiger partial charge in [0.05, 0.1) is 15.9 Å². The topological polar surface area (TPSA) is 21.1 Å². The highest BCUT2D eigenvalue weighted by molar-refractivity contribution is 9.10. The van der Waals surface area contributed by atoms with Crippen LogP contribution in [-0.2, 0) is 13.1 Å². The van der Waals surface area contributed by atoms with Gasteiger partial charge in [0.15, 0.2) is 0 Å². The quantitative estimate of drug-likeness (QED) is 0.847. The molecule has 3 nitrogen and oxygen atoms in total. The molecule has 1 atom stereocenters. The first-order chi connectivity index (χ1) is 8.54.